The van der Waals surface area contributed by atoms with Crippen molar-refractivity contribution in [1.29, 1.82) is 0 Å². The molecule has 0 saturated carbocycles. The highest BCUT2D eigenvalue weighted by atomic mass is 79.9. The fourth-order valence-corrected chi connectivity index (χ4v) is 2.59. The maximum absolute atomic E-state index is 9.64. The lowest BCUT2D eigenvalue weighted by Gasteiger charge is -2.05. The van der Waals surface area contributed by atoms with E-state index in [4.69, 9.17) is 0 Å². The molecule has 0 aliphatic heterocycles. The fourth-order valence-electron chi connectivity index (χ4n) is 2.11. The van der Waals surface area contributed by atoms with Crippen molar-refractivity contribution in [3.8, 4) is 16.9 Å². The van der Waals surface area contributed by atoms with Gasteiger partial charge < -0.3 is 5.11 Å². The molecule has 0 fully saturated rings. The number of phenolic OH excluding ortho intramolecular Hbond substituents is 1. The maximum Gasteiger partial charge on any atom is 0.117 e. The number of aromatic hydroxyl groups is 1. The number of hydrogen-bond donors (Lipinski definition) is 1. The van der Waals surface area contributed by atoms with Crippen LogP contribution >= 0.6 is 15.9 Å². The van der Waals surface area contributed by atoms with Gasteiger partial charge in [0.1, 0.15) is 5.75 Å². The monoisotopic (exact) mass is 298 g/mol. The highest BCUT2D eigenvalue weighted by molar-refractivity contribution is 9.10. The van der Waals surface area contributed by atoms with Crippen molar-refractivity contribution in [2.45, 2.75) is 0 Å². The van der Waals surface area contributed by atoms with Crippen molar-refractivity contribution in [3.05, 3.63) is 65.1 Å². The molecule has 3 aromatic rings. The lowest BCUT2D eigenvalue weighted by molar-refractivity contribution is 0.475. The van der Waals surface area contributed by atoms with Gasteiger partial charge in [-0.15, -0.1) is 0 Å². The summed E-state index contributed by atoms with van der Waals surface area (Å²) in [5, 5.41) is 12.1. The predicted molar refractivity (Wildman–Crippen MR) is 78.7 cm³/mol. The lowest BCUT2D eigenvalue weighted by atomic mass is 10.0. The van der Waals surface area contributed by atoms with Crippen LogP contribution in [0.4, 0.5) is 0 Å². The molecule has 0 atom stereocenters. The summed E-state index contributed by atoms with van der Waals surface area (Å²) in [4.78, 5) is 0. The van der Waals surface area contributed by atoms with Gasteiger partial charge in [-0.2, -0.15) is 0 Å². The minimum Gasteiger partial charge on any atom is -0.508 e. The minimum absolute atomic E-state index is 0.271. The average molecular weight is 299 g/mol. The highest BCUT2D eigenvalue weighted by Gasteiger charge is 2.02. The zero-order valence-electron chi connectivity index (χ0n) is 9.60. The van der Waals surface area contributed by atoms with Crippen LogP contribution in [0.1, 0.15) is 0 Å². The zero-order valence-corrected chi connectivity index (χ0v) is 11.2. The van der Waals surface area contributed by atoms with E-state index >= 15 is 0 Å². The molecule has 0 amide bonds. The Kier molecular flexibility index (Phi) is 2.80. The van der Waals surface area contributed by atoms with Crippen LogP contribution in [0.3, 0.4) is 0 Å². The third-order valence-corrected chi connectivity index (χ3v) is 3.42. The molecule has 0 saturated heterocycles. The summed E-state index contributed by atoms with van der Waals surface area (Å²) in [5.74, 6) is 0.271. The van der Waals surface area contributed by atoms with Gasteiger partial charge in [-0.3, -0.25) is 0 Å². The van der Waals surface area contributed by atoms with Crippen molar-refractivity contribution in [3.63, 3.8) is 0 Å². The van der Waals surface area contributed by atoms with Gasteiger partial charge in [0.2, 0.25) is 0 Å². The molecule has 3 aromatic carbocycles. The maximum atomic E-state index is 9.64. The average Bonchev–Trinajstić information content (AvgIpc) is 2.37. The van der Waals surface area contributed by atoms with Crippen LogP contribution in [0.25, 0.3) is 21.9 Å². The molecule has 0 unspecified atom stereocenters. The highest BCUT2D eigenvalue weighted by Crippen LogP contribution is 2.30. The van der Waals surface area contributed by atoms with E-state index in [1.807, 2.05) is 18.2 Å². The topological polar surface area (TPSA) is 20.2 Å². The number of rotatable bonds is 1. The molecule has 0 aliphatic rings. The lowest BCUT2D eigenvalue weighted by Crippen LogP contribution is -1.79. The second-order valence-corrected chi connectivity index (χ2v) is 5.18. The van der Waals surface area contributed by atoms with Crippen molar-refractivity contribution < 1.29 is 5.11 Å². The second kappa shape index (κ2) is 4.46. The molecule has 0 aliphatic carbocycles. The SMILES string of the molecule is Oc1cc(Br)cc(-c2ccc3ccccc3c2)c1. The number of benzene rings is 3. The van der Waals surface area contributed by atoms with Crippen LogP contribution in [0.2, 0.25) is 0 Å². The van der Waals surface area contributed by atoms with E-state index < -0.39 is 0 Å². The molecule has 18 heavy (non-hydrogen) atoms. The normalized spacial score (nSPS) is 10.7. The number of phenols is 1. The van der Waals surface area contributed by atoms with Gasteiger partial charge >= 0.3 is 0 Å². The van der Waals surface area contributed by atoms with Crippen molar-refractivity contribution >= 4 is 26.7 Å². The Bertz CT molecular complexity index is 699. The summed E-state index contributed by atoms with van der Waals surface area (Å²) in [5.41, 5.74) is 2.11. The Morgan fingerprint density at radius 3 is 2.28 bits per heavy atom. The summed E-state index contributed by atoms with van der Waals surface area (Å²) in [7, 11) is 0. The third-order valence-electron chi connectivity index (χ3n) is 2.97. The first kappa shape index (κ1) is 11.3. The summed E-state index contributed by atoms with van der Waals surface area (Å²) < 4.78 is 0.880. The van der Waals surface area contributed by atoms with Gasteiger partial charge in [-0.05, 0) is 46.2 Å². The van der Waals surface area contributed by atoms with Crippen LogP contribution in [-0.2, 0) is 0 Å². The molecular formula is C16H11BrO. The van der Waals surface area contributed by atoms with E-state index in [0.717, 1.165) is 15.6 Å². The standard InChI is InChI=1S/C16H11BrO/c17-15-8-14(9-16(18)10-15)13-6-5-11-3-1-2-4-12(11)7-13/h1-10,18H. The first-order valence-corrected chi connectivity index (χ1v) is 6.50. The summed E-state index contributed by atoms with van der Waals surface area (Å²) >= 11 is 3.40. The van der Waals surface area contributed by atoms with Gasteiger partial charge in [0.05, 0.1) is 0 Å². The smallest absolute Gasteiger partial charge is 0.117 e. The summed E-state index contributed by atoms with van der Waals surface area (Å²) in [6.07, 6.45) is 0. The molecule has 2 heteroatoms. The molecule has 88 valence electrons. The van der Waals surface area contributed by atoms with Gasteiger partial charge in [-0.1, -0.05) is 52.3 Å². The molecule has 0 aromatic heterocycles. The van der Waals surface area contributed by atoms with Crippen LogP contribution in [0.5, 0.6) is 5.75 Å². The zero-order chi connectivity index (χ0) is 12.5. The minimum atomic E-state index is 0.271. The summed E-state index contributed by atoms with van der Waals surface area (Å²) in [6.45, 7) is 0. The first-order chi connectivity index (χ1) is 8.72. The molecule has 0 bridgehead atoms. The van der Waals surface area contributed by atoms with E-state index in [9.17, 15) is 5.11 Å². The van der Waals surface area contributed by atoms with Crippen LogP contribution < -0.4 is 0 Å². The Labute approximate surface area is 114 Å². The van der Waals surface area contributed by atoms with Crippen LogP contribution in [0, 0.1) is 0 Å². The van der Waals surface area contributed by atoms with Crippen LogP contribution in [-0.4, -0.2) is 5.11 Å². The Morgan fingerprint density at radius 2 is 1.50 bits per heavy atom. The van der Waals surface area contributed by atoms with Gasteiger partial charge in [0, 0.05) is 4.47 Å². The quantitative estimate of drug-likeness (QED) is 0.672. The fraction of sp³-hybridized carbons (Fsp3) is 0. The van der Waals surface area contributed by atoms with Crippen molar-refractivity contribution in [2.75, 3.05) is 0 Å². The molecule has 0 radical (unpaired) electrons. The van der Waals surface area contributed by atoms with Crippen molar-refractivity contribution in [1.82, 2.24) is 0 Å². The first-order valence-electron chi connectivity index (χ1n) is 5.71. The van der Waals surface area contributed by atoms with Gasteiger partial charge in [0.25, 0.3) is 0 Å². The predicted octanol–water partition coefficient (Wildman–Crippen LogP) is 4.97. The molecule has 0 heterocycles. The van der Waals surface area contributed by atoms with E-state index in [0.29, 0.717) is 0 Å². The van der Waals surface area contributed by atoms with Crippen molar-refractivity contribution in [2.24, 2.45) is 0 Å². The van der Waals surface area contributed by atoms with E-state index in [2.05, 4.69) is 46.3 Å². The Balaban J connectivity index is 2.19. The molecule has 1 nitrogen and oxygen atoms in total. The third kappa shape index (κ3) is 2.12. The van der Waals surface area contributed by atoms with Crippen LogP contribution in [0.15, 0.2) is 65.1 Å². The second-order valence-electron chi connectivity index (χ2n) is 4.26. The van der Waals surface area contributed by atoms with Gasteiger partial charge in [-0.25, -0.2) is 0 Å². The molecular weight excluding hydrogens is 288 g/mol. The van der Waals surface area contributed by atoms with E-state index in [1.54, 1.807) is 12.1 Å². The Morgan fingerprint density at radius 1 is 0.722 bits per heavy atom. The Hall–Kier alpha value is -1.80. The van der Waals surface area contributed by atoms with E-state index in [-0.39, 0.29) is 5.75 Å². The number of hydrogen-bond acceptors (Lipinski definition) is 1. The molecule has 1 N–H and O–H groups in total. The van der Waals surface area contributed by atoms with Gasteiger partial charge in [0.15, 0.2) is 0 Å². The summed E-state index contributed by atoms with van der Waals surface area (Å²) in [6, 6.07) is 20.0. The molecule has 3 rings (SSSR count). The van der Waals surface area contributed by atoms with E-state index in [1.165, 1.54) is 10.8 Å². The largest absolute Gasteiger partial charge is 0.508 e. The molecule has 0 spiro atoms. The number of halogens is 1. The number of fused-ring (bicyclic) bond motifs is 1.